The van der Waals surface area contributed by atoms with Crippen molar-refractivity contribution in [3.05, 3.63) is 51.2 Å². The first-order chi connectivity index (χ1) is 9.22. The molecule has 0 saturated heterocycles. The molecular formula is C15H17ClN2OS. The largest absolute Gasteiger partial charge is 0.321 e. The van der Waals surface area contributed by atoms with E-state index >= 15 is 0 Å². The number of hydrogen-bond acceptors (Lipinski definition) is 3. The Balaban J connectivity index is 0.00000147. The summed E-state index contributed by atoms with van der Waals surface area (Å²) >= 11 is 1.52. The molecule has 1 aliphatic heterocycles. The summed E-state index contributed by atoms with van der Waals surface area (Å²) in [5, 5.41) is 6.31. The zero-order chi connectivity index (χ0) is 13.2. The number of nitrogens with one attached hydrogen (secondary N) is 2. The van der Waals surface area contributed by atoms with Gasteiger partial charge in [0.15, 0.2) is 0 Å². The number of hydrogen-bond donors (Lipinski definition) is 2. The second-order valence-electron chi connectivity index (χ2n) is 4.77. The number of carbonyl (C=O) groups is 1. The molecule has 0 radical (unpaired) electrons. The van der Waals surface area contributed by atoms with Crippen molar-refractivity contribution in [2.24, 2.45) is 0 Å². The minimum atomic E-state index is -0.0261. The van der Waals surface area contributed by atoms with Crippen LogP contribution in [0.25, 0.3) is 0 Å². The molecule has 0 unspecified atom stereocenters. The third-order valence-corrected chi connectivity index (χ3v) is 4.31. The zero-order valence-corrected chi connectivity index (χ0v) is 12.9. The van der Waals surface area contributed by atoms with Gasteiger partial charge in [-0.15, -0.1) is 23.7 Å². The Hall–Kier alpha value is -1.36. The fraction of sp³-hybridized carbons (Fsp3) is 0.267. The molecule has 1 aromatic heterocycles. The van der Waals surface area contributed by atoms with E-state index in [1.807, 2.05) is 25.1 Å². The standard InChI is InChI=1S/C15H16N2OS.ClH/c1-10-2-5-14(19-10)15(18)17-13-4-3-11-6-7-16-9-12(11)8-13;/h2-5,8,16H,6-7,9H2,1H3,(H,17,18);1H. The number of carbonyl (C=O) groups excluding carboxylic acids is 1. The van der Waals surface area contributed by atoms with Crippen molar-refractivity contribution in [3.8, 4) is 0 Å². The van der Waals surface area contributed by atoms with E-state index in [-0.39, 0.29) is 18.3 Å². The summed E-state index contributed by atoms with van der Waals surface area (Å²) < 4.78 is 0. The molecule has 2 aromatic rings. The Kier molecular flexibility index (Phi) is 4.81. The first kappa shape index (κ1) is 15.0. The third-order valence-electron chi connectivity index (χ3n) is 3.31. The Morgan fingerprint density at radius 1 is 1.25 bits per heavy atom. The van der Waals surface area contributed by atoms with E-state index in [1.165, 1.54) is 22.5 Å². The van der Waals surface area contributed by atoms with Crippen LogP contribution in [0, 0.1) is 6.92 Å². The van der Waals surface area contributed by atoms with Crippen molar-refractivity contribution < 1.29 is 4.79 Å². The van der Waals surface area contributed by atoms with Crippen LogP contribution in [0.2, 0.25) is 0 Å². The highest BCUT2D eigenvalue weighted by Gasteiger charge is 2.12. The number of amides is 1. The average Bonchev–Trinajstić information content (AvgIpc) is 2.85. The van der Waals surface area contributed by atoms with Crippen molar-refractivity contribution in [2.45, 2.75) is 19.9 Å². The lowest BCUT2D eigenvalue weighted by molar-refractivity contribution is 0.103. The number of halogens is 1. The zero-order valence-electron chi connectivity index (χ0n) is 11.2. The molecule has 2 heterocycles. The highest BCUT2D eigenvalue weighted by atomic mass is 35.5. The van der Waals surface area contributed by atoms with Gasteiger partial charge in [0.2, 0.25) is 0 Å². The molecule has 1 aromatic carbocycles. The van der Waals surface area contributed by atoms with Gasteiger partial charge in [-0.05, 0) is 55.3 Å². The van der Waals surface area contributed by atoms with Crippen molar-refractivity contribution in [2.75, 3.05) is 11.9 Å². The monoisotopic (exact) mass is 308 g/mol. The smallest absolute Gasteiger partial charge is 0.265 e. The molecule has 0 saturated carbocycles. The molecule has 0 aliphatic carbocycles. The minimum Gasteiger partial charge on any atom is -0.321 e. The first-order valence-electron chi connectivity index (χ1n) is 6.43. The molecule has 0 atom stereocenters. The van der Waals surface area contributed by atoms with E-state index in [9.17, 15) is 4.79 Å². The topological polar surface area (TPSA) is 41.1 Å². The van der Waals surface area contributed by atoms with E-state index < -0.39 is 0 Å². The second-order valence-corrected chi connectivity index (χ2v) is 6.06. The van der Waals surface area contributed by atoms with Crippen molar-refractivity contribution in [3.63, 3.8) is 0 Å². The SMILES string of the molecule is Cc1ccc(C(=O)Nc2ccc3c(c2)CNCC3)s1.Cl. The number of aryl methyl sites for hydroxylation is 1. The quantitative estimate of drug-likeness (QED) is 0.893. The Bertz CT molecular complexity index is 624. The first-order valence-corrected chi connectivity index (χ1v) is 7.24. The summed E-state index contributed by atoms with van der Waals surface area (Å²) in [5.74, 6) is -0.0261. The molecular weight excluding hydrogens is 292 g/mol. The molecule has 3 rings (SSSR count). The van der Waals surface area contributed by atoms with Gasteiger partial charge in [0.1, 0.15) is 0 Å². The fourth-order valence-corrected chi connectivity index (χ4v) is 3.07. The van der Waals surface area contributed by atoms with Gasteiger partial charge < -0.3 is 10.6 Å². The highest BCUT2D eigenvalue weighted by Crippen LogP contribution is 2.21. The number of anilines is 1. The number of fused-ring (bicyclic) bond motifs is 1. The van der Waals surface area contributed by atoms with E-state index in [2.05, 4.69) is 22.8 Å². The van der Waals surface area contributed by atoms with Crippen LogP contribution in [0.1, 0.15) is 25.7 Å². The molecule has 1 aliphatic rings. The van der Waals surface area contributed by atoms with Crippen molar-refractivity contribution >= 4 is 35.3 Å². The molecule has 0 spiro atoms. The molecule has 106 valence electrons. The predicted molar refractivity (Wildman–Crippen MR) is 86.1 cm³/mol. The maximum Gasteiger partial charge on any atom is 0.265 e. The number of benzene rings is 1. The lowest BCUT2D eigenvalue weighted by atomic mass is 10.0. The van der Waals surface area contributed by atoms with Gasteiger partial charge in [-0.1, -0.05) is 6.07 Å². The normalized spacial score (nSPS) is 13.2. The van der Waals surface area contributed by atoms with E-state index in [1.54, 1.807) is 0 Å². The van der Waals surface area contributed by atoms with Crippen LogP contribution < -0.4 is 10.6 Å². The van der Waals surface area contributed by atoms with Gasteiger partial charge in [-0.3, -0.25) is 4.79 Å². The van der Waals surface area contributed by atoms with Gasteiger partial charge in [0.25, 0.3) is 5.91 Å². The number of rotatable bonds is 2. The number of thiophene rings is 1. The van der Waals surface area contributed by atoms with Crippen LogP contribution in [0.3, 0.4) is 0 Å². The van der Waals surface area contributed by atoms with Crippen molar-refractivity contribution in [1.29, 1.82) is 0 Å². The Morgan fingerprint density at radius 2 is 2.10 bits per heavy atom. The van der Waals surface area contributed by atoms with Crippen LogP contribution >= 0.6 is 23.7 Å². The van der Waals surface area contributed by atoms with Crippen LogP contribution in [0.5, 0.6) is 0 Å². The van der Waals surface area contributed by atoms with Gasteiger partial charge >= 0.3 is 0 Å². The van der Waals surface area contributed by atoms with Gasteiger partial charge in [0.05, 0.1) is 4.88 Å². The molecule has 0 bridgehead atoms. The summed E-state index contributed by atoms with van der Waals surface area (Å²) in [6.07, 6.45) is 1.06. The molecule has 3 nitrogen and oxygen atoms in total. The van der Waals surface area contributed by atoms with Crippen LogP contribution in [0.4, 0.5) is 5.69 Å². The maximum atomic E-state index is 12.1. The highest BCUT2D eigenvalue weighted by molar-refractivity contribution is 7.14. The Morgan fingerprint density at radius 3 is 2.85 bits per heavy atom. The Labute approximate surface area is 128 Å². The summed E-state index contributed by atoms with van der Waals surface area (Å²) in [5.41, 5.74) is 3.54. The minimum absolute atomic E-state index is 0. The van der Waals surface area contributed by atoms with Gasteiger partial charge in [-0.25, -0.2) is 0 Å². The van der Waals surface area contributed by atoms with Crippen molar-refractivity contribution in [1.82, 2.24) is 5.32 Å². The molecule has 0 fully saturated rings. The van der Waals surface area contributed by atoms with Gasteiger partial charge in [-0.2, -0.15) is 0 Å². The van der Waals surface area contributed by atoms with Crippen LogP contribution in [-0.4, -0.2) is 12.5 Å². The molecule has 2 N–H and O–H groups in total. The molecule has 1 amide bonds. The average molecular weight is 309 g/mol. The lowest BCUT2D eigenvalue weighted by Crippen LogP contribution is -2.23. The summed E-state index contributed by atoms with van der Waals surface area (Å²) in [4.78, 5) is 14.0. The molecule has 5 heteroatoms. The third kappa shape index (κ3) is 3.20. The second kappa shape index (κ2) is 6.39. The van der Waals surface area contributed by atoms with E-state index in [0.29, 0.717) is 0 Å². The molecule has 20 heavy (non-hydrogen) atoms. The maximum absolute atomic E-state index is 12.1. The fourth-order valence-electron chi connectivity index (χ4n) is 2.31. The van der Waals surface area contributed by atoms with E-state index in [4.69, 9.17) is 0 Å². The van der Waals surface area contributed by atoms with Crippen LogP contribution in [-0.2, 0) is 13.0 Å². The summed E-state index contributed by atoms with van der Waals surface area (Å²) in [6.45, 7) is 3.93. The lowest BCUT2D eigenvalue weighted by Gasteiger charge is -2.18. The predicted octanol–water partition coefficient (Wildman–Crippen LogP) is 3.38. The van der Waals surface area contributed by atoms with Crippen LogP contribution in [0.15, 0.2) is 30.3 Å². The van der Waals surface area contributed by atoms with E-state index in [0.717, 1.165) is 35.0 Å². The summed E-state index contributed by atoms with van der Waals surface area (Å²) in [7, 11) is 0. The van der Waals surface area contributed by atoms with Gasteiger partial charge in [0, 0.05) is 17.1 Å². The summed E-state index contributed by atoms with van der Waals surface area (Å²) in [6, 6.07) is 10.0.